The number of nitrogens with one attached hydrogen (secondary N) is 1. The summed E-state index contributed by atoms with van der Waals surface area (Å²) in [5.74, 6) is 0.933. The molecule has 0 aliphatic carbocycles. The Hall–Kier alpha value is -2.62. The number of urea groups is 1. The predicted octanol–water partition coefficient (Wildman–Crippen LogP) is 4.17. The fourth-order valence-corrected chi connectivity index (χ4v) is 3.27. The van der Waals surface area contributed by atoms with E-state index in [2.05, 4.69) is 29.4 Å². The Bertz CT molecular complexity index is 740. The molecular weight excluding hydrogens is 300 g/mol. The van der Waals surface area contributed by atoms with Crippen molar-refractivity contribution in [3.8, 4) is 5.75 Å². The minimum atomic E-state index is -0.260. The number of benzene rings is 2. The number of hydrogen-bond acceptors (Lipinski definition) is 2. The molecule has 0 bridgehead atoms. The van der Waals surface area contributed by atoms with Crippen LogP contribution in [0.4, 0.5) is 4.79 Å². The monoisotopic (exact) mass is 322 g/mol. The van der Waals surface area contributed by atoms with Gasteiger partial charge in [-0.1, -0.05) is 49.4 Å². The van der Waals surface area contributed by atoms with Crippen LogP contribution in [0.5, 0.6) is 5.75 Å². The molecule has 0 fully saturated rings. The van der Waals surface area contributed by atoms with Gasteiger partial charge < -0.3 is 10.1 Å². The third-order valence-corrected chi connectivity index (χ3v) is 4.47. The van der Waals surface area contributed by atoms with Crippen molar-refractivity contribution in [2.45, 2.75) is 25.8 Å². The van der Waals surface area contributed by atoms with Crippen LogP contribution in [-0.2, 0) is 6.42 Å². The molecule has 2 aromatic rings. The summed E-state index contributed by atoms with van der Waals surface area (Å²) in [4.78, 5) is 16.3. The fourth-order valence-electron chi connectivity index (χ4n) is 3.27. The van der Waals surface area contributed by atoms with Gasteiger partial charge in [-0.25, -0.2) is 9.79 Å². The first-order valence-electron chi connectivity index (χ1n) is 8.27. The van der Waals surface area contributed by atoms with Gasteiger partial charge in [-0.3, -0.25) is 0 Å². The molecule has 4 heteroatoms. The molecule has 0 radical (unpaired) electrons. The van der Waals surface area contributed by atoms with Gasteiger partial charge in [0.1, 0.15) is 5.75 Å². The number of aliphatic imine (C=N–C) groups is 1. The molecule has 2 amide bonds. The summed E-state index contributed by atoms with van der Waals surface area (Å²) in [6, 6.07) is 17.9. The van der Waals surface area contributed by atoms with Crippen LogP contribution in [0.15, 0.2) is 59.6 Å². The zero-order valence-corrected chi connectivity index (χ0v) is 14.0. The van der Waals surface area contributed by atoms with Crippen molar-refractivity contribution in [1.29, 1.82) is 0 Å². The topological polar surface area (TPSA) is 50.7 Å². The minimum absolute atomic E-state index is 0.0970. The molecule has 0 aromatic heterocycles. The van der Waals surface area contributed by atoms with Crippen LogP contribution < -0.4 is 10.1 Å². The number of carbonyl (C=O) groups is 1. The zero-order valence-electron chi connectivity index (χ0n) is 14.0. The molecule has 2 aromatic carbocycles. The lowest BCUT2D eigenvalue weighted by molar-refractivity contribution is 0.239. The van der Waals surface area contributed by atoms with Gasteiger partial charge in [0, 0.05) is 11.6 Å². The highest BCUT2D eigenvalue weighted by Gasteiger charge is 2.32. The number of nitrogens with zero attached hydrogens (tertiary/aromatic N) is 1. The quantitative estimate of drug-likeness (QED) is 0.898. The number of rotatable bonds is 5. The van der Waals surface area contributed by atoms with Crippen LogP contribution in [-0.4, -0.2) is 18.9 Å². The van der Waals surface area contributed by atoms with Gasteiger partial charge in [0.05, 0.1) is 13.2 Å². The van der Waals surface area contributed by atoms with E-state index in [9.17, 15) is 4.79 Å². The van der Waals surface area contributed by atoms with Crippen molar-refractivity contribution in [3.63, 3.8) is 0 Å². The average Bonchev–Trinajstić information content (AvgIpc) is 2.63. The average molecular weight is 322 g/mol. The van der Waals surface area contributed by atoms with Gasteiger partial charge in [-0.2, -0.15) is 0 Å². The van der Waals surface area contributed by atoms with Crippen molar-refractivity contribution in [1.82, 2.24) is 5.32 Å². The first-order chi connectivity index (χ1) is 11.7. The van der Waals surface area contributed by atoms with E-state index in [0.717, 1.165) is 29.9 Å². The summed E-state index contributed by atoms with van der Waals surface area (Å²) in [5, 5.41) is 3.04. The van der Waals surface area contributed by atoms with E-state index in [0.29, 0.717) is 0 Å². The van der Waals surface area contributed by atoms with Gasteiger partial charge >= 0.3 is 6.03 Å². The second kappa shape index (κ2) is 7.30. The first-order valence-corrected chi connectivity index (χ1v) is 8.27. The molecule has 0 spiro atoms. The molecular formula is C20H22N2O2. The van der Waals surface area contributed by atoms with Crippen molar-refractivity contribution in [3.05, 3.63) is 65.7 Å². The number of ether oxygens (including phenoxy) is 1. The highest BCUT2D eigenvalue weighted by atomic mass is 16.5. The Kier molecular flexibility index (Phi) is 4.94. The molecule has 1 aliphatic rings. The standard InChI is InChI=1S/C20H22N2O2/c1-3-18-17(12-14-8-5-4-6-9-14)19(22-20(23)21-18)15-10-7-11-16(13-15)24-2/h4-11,13,17,19H,3,12H2,1-2H3,(H,22,23). The maximum absolute atomic E-state index is 12.0. The summed E-state index contributed by atoms with van der Waals surface area (Å²) < 4.78 is 5.34. The van der Waals surface area contributed by atoms with E-state index >= 15 is 0 Å². The molecule has 124 valence electrons. The van der Waals surface area contributed by atoms with Crippen LogP contribution in [0.1, 0.15) is 30.5 Å². The Morgan fingerprint density at radius 2 is 1.92 bits per heavy atom. The molecule has 4 nitrogen and oxygen atoms in total. The molecule has 2 unspecified atom stereocenters. The van der Waals surface area contributed by atoms with Gasteiger partial charge in [-0.15, -0.1) is 0 Å². The Morgan fingerprint density at radius 1 is 1.12 bits per heavy atom. The summed E-state index contributed by atoms with van der Waals surface area (Å²) in [6.07, 6.45) is 1.61. The highest BCUT2D eigenvalue weighted by molar-refractivity contribution is 5.99. The lowest BCUT2D eigenvalue weighted by Gasteiger charge is -2.32. The molecule has 0 saturated heterocycles. The van der Waals surface area contributed by atoms with Crippen molar-refractivity contribution >= 4 is 11.7 Å². The Balaban J connectivity index is 1.97. The molecule has 0 saturated carbocycles. The third-order valence-electron chi connectivity index (χ3n) is 4.47. The lowest BCUT2D eigenvalue weighted by atomic mass is 9.82. The van der Waals surface area contributed by atoms with Crippen LogP contribution in [0.2, 0.25) is 0 Å². The summed E-state index contributed by atoms with van der Waals surface area (Å²) in [7, 11) is 1.65. The molecule has 1 N–H and O–H groups in total. The summed E-state index contributed by atoms with van der Waals surface area (Å²) >= 11 is 0. The van der Waals surface area contributed by atoms with Crippen LogP contribution in [0, 0.1) is 5.92 Å². The van der Waals surface area contributed by atoms with Gasteiger partial charge in [0.15, 0.2) is 0 Å². The minimum Gasteiger partial charge on any atom is -0.497 e. The second-order valence-electron chi connectivity index (χ2n) is 5.96. The maximum atomic E-state index is 12.0. The van der Waals surface area contributed by atoms with E-state index < -0.39 is 0 Å². The van der Waals surface area contributed by atoms with Crippen LogP contribution in [0.3, 0.4) is 0 Å². The third kappa shape index (κ3) is 3.48. The Morgan fingerprint density at radius 3 is 2.62 bits per heavy atom. The number of carbonyl (C=O) groups excluding carboxylic acids is 1. The first kappa shape index (κ1) is 16.2. The van der Waals surface area contributed by atoms with E-state index in [4.69, 9.17) is 4.74 Å². The smallest absolute Gasteiger partial charge is 0.341 e. The number of methoxy groups -OCH3 is 1. The van der Waals surface area contributed by atoms with Crippen molar-refractivity contribution in [2.24, 2.45) is 10.9 Å². The normalized spacial score (nSPS) is 20.2. The van der Waals surface area contributed by atoms with E-state index in [1.54, 1.807) is 7.11 Å². The molecule has 2 atom stereocenters. The van der Waals surface area contributed by atoms with Crippen molar-refractivity contribution in [2.75, 3.05) is 7.11 Å². The van der Waals surface area contributed by atoms with Gasteiger partial charge in [-0.05, 0) is 36.1 Å². The predicted molar refractivity (Wildman–Crippen MR) is 95.6 cm³/mol. The number of amides is 2. The number of hydrogen-bond donors (Lipinski definition) is 1. The maximum Gasteiger partial charge on any atom is 0.341 e. The van der Waals surface area contributed by atoms with E-state index in [1.165, 1.54) is 5.56 Å². The van der Waals surface area contributed by atoms with Gasteiger partial charge in [0.25, 0.3) is 0 Å². The van der Waals surface area contributed by atoms with E-state index in [1.807, 2.05) is 42.5 Å². The van der Waals surface area contributed by atoms with Crippen LogP contribution in [0.25, 0.3) is 0 Å². The van der Waals surface area contributed by atoms with Crippen molar-refractivity contribution < 1.29 is 9.53 Å². The molecule has 1 aliphatic heterocycles. The van der Waals surface area contributed by atoms with Crippen LogP contribution >= 0.6 is 0 Å². The molecule has 1 heterocycles. The molecule has 24 heavy (non-hydrogen) atoms. The second-order valence-corrected chi connectivity index (χ2v) is 5.96. The SMILES string of the molecule is CCC1=NC(=O)NC(c2cccc(OC)c2)C1Cc1ccccc1. The zero-order chi connectivity index (χ0) is 16.9. The summed E-state index contributed by atoms with van der Waals surface area (Å²) in [5.41, 5.74) is 3.24. The fraction of sp³-hybridized carbons (Fsp3) is 0.300. The Labute approximate surface area is 142 Å². The van der Waals surface area contributed by atoms with Gasteiger partial charge in [0.2, 0.25) is 0 Å². The largest absolute Gasteiger partial charge is 0.497 e. The highest BCUT2D eigenvalue weighted by Crippen LogP contribution is 2.32. The lowest BCUT2D eigenvalue weighted by Crippen LogP contribution is -2.41. The molecule has 3 rings (SSSR count). The van der Waals surface area contributed by atoms with E-state index in [-0.39, 0.29) is 18.0 Å². The summed E-state index contributed by atoms with van der Waals surface area (Å²) in [6.45, 7) is 2.05.